The first-order chi connectivity index (χ1) is 9.66. The number of nitrogens with zero attached hydrogens (tertiary/aromatic N) is 1. The van der Waals surface area contributed by atoms with Gasteiger partial charge < -0.3 is 14.7 Å². The van der Waals surface area contributed by atoms with Crippen molar-refractivity contribution in [1.29, 1.82) is 0 Å². The lowest BCUT2D eigenvalue weighted by atomic mass is 10.2. The van der Waals surface area contributed by atoms with Crippen LogP contribution in [0.1, 0.15) is 16.8 Å². The summed E-state index contributed by atoms with van der Waals surface area (Å²) in [6.07, 6.45) is 0.834. The van der Waals surface area contributed by atoms with Gasteiger partial charge in [-0.25, -0.2) is 4.79 Å². The maximum atomic E-state index is 11.2. The van der Waals surface area contributed by atoms with E-state index in [1.54, 1.807) is 18.2 Å². The van der Waals surface area contributed by atoms with Gasteiger partial charge in [-0.3, -0.25) is 4.21 Å². The minimum atomic E-state index is -0.973. The van der Waals surface area contributed by atoms with Gasteiger partial charge in [0.2, 0.25) is 0 Å². The van der Waals surface area contributed by atoms with Gasteiger partial charge in [-0.15, -0.1) is 0 Å². The Labute approximate surface area is 121 Å². The molecule has 110 valence electrons. The third-order valence-electron chi connectivity index (χ3n) is 3.26. The Morgan fingerprint density at radius 2 is 2.00 bits per heavy atom. The maximum Gasteiger partial charge on any atom is 0.339 e. The van der Waals surface area contributed by atoms with Gasteiger partial charge in [0, 0.05) is 41.9 Å². The average Bonchev–Trinajstić information content (AvgIpc) is 2.46. The van der Waals surface area contributed by atoms with Gasteiger partial charge >= 0.3 is 5.97 Å². The lowest BCUT2D eigenvalue weighted by molar-refractivity contribution is 0.0692. The fourth-order valence-corrected chi connectivity index (χ4v) is 3.27. The van der Waals surface area contributed by atoms with Crippen LogP contribution in [0.15, 0.2) is 24.3 Å². The lowest BCUT2D eigenvalue weighted by Gasteiger charge is -2.25. The molecular weight excluding hydrogens is 278 g/mol. The van der Waals surface area contributed by atoms with E-state index in [2.05, 4.69) is 4.90 Å². The van der Waals surface area contributed by atoms with Gasteiger partial charge in [0.25, 0.3) is 0 Å². The minimum Gasteiger partial charge on any atom is -0.493 e. The minimum absolute atomic E-state index is 0.195. The zero-order chi connectivity index (χ0) is 14.4. The quantitative estimate of drug-likeness (QED) is 0.800. The molecule has 0 bridgehead atoms. The van der Waals surface area contributed by atoms with Crippen molar-refractivity contribution in [3.63, 3.8) is 0 Å². The van der Waals surface area contributed by atoms with Gasteiger partial charge in [-0.05, 0) is 18.6 Å². The molecule has 1 heterocycles. The van der Waals surface area contributed by atoms with Crippen LogP contribution in [0.4, 0.5) is 0 Å². The number of rotatable bonds is 6. The second-order valence-electron chi connectivity index (χ2n) is 4.69. The number of carbonyl (C=O) groups is 1. The number of benzene rings is 1. The molecule has 1 saturated heterocycles. The van der Waals surface area contributed by atoms with Crippen LogP contribution in [0.5, 0.6) is 5.75 Å². The number of hydrogen-bond donors (Lipinski definition) is 1. The number of aromatic carboxylic acids is 1. The summed E-state index contributed by atoms with van der Waals surface area (Å²) in [7, 11) is -0.644. The summed E-state index contributed by atoms with van der Waals surface area (Å²) in [6.45, 7) is 3.13. The third kappa shape index (κ3) is 4.31. The first-order valence-corrected chi connectivity index (χ1v) is 8.18. The third-order valence-corrected chi connectivity index (χ3v) is 4.54. The Morgan fingerprint density at radius 1 is 1.30 bits per heavy atom. The molecule has 1 fully saturated rings. The summed E-state index contributed by atoms with van der Waals surface area (Å²) in [6, 6.07) is 6.66. The number of para-hydroxylation sites is 1. The van der Waals surface area contributed by atoms with Gasteiger partial charge in [0.15, 0.2) is 0 Å². The van der Waals surface area contributed by atoms with Crippen molar-refractivity contribution >= 4 is 16.8 Å². The SMILES string of the molecule is O=C(O)c1ccccc1OCCCN1CCS(=O)CC1. The fraction of sp³-hybridized carbons (Fsp3) is 0.500. The van der Waals surface area contributed by atoms with E-state index in [1.807, 2.05) is 0 Å². The van der Waals surface area contributed by atoms with Crippen LogP contribution in [0.3, 0.4) is 0 Å². The van der Waals surface area contributed by atoms with E-state index in [9.17, 15) is 9.00 Å². The van der Waals surface area contributed by atoms with E-state index < -0.39 is 16.8 Å². The summed E-state index contributed by atoms with van der Waals surface area (Å²) < 4.78 is 16.8. The van der Waals surface area contributed by atoms with E-state index in [0.29, 0.717) is 12.4 Å². The maximum absolute atomic E-state index is 11.2. The normalized spacial score (nSPS) is 17.0. The fourth-order valence-electron chi connectivity index (χ4n) is 2.14. The molecule has 0 spiro atoms. The molecule has 1 aliphatic rings. The first-order valence-electron chi connectivity index (χ1n) is 6.69. The van der Waals surface area contributed by atoms with Gasteiger partial charge in [-0.1, -0.05) is 12.1 Å². The Kier molecular flexibility index (Phi) is 5.55. The Bertz CT molecular complexity index is 482. The molecule has 1 aromatic rings. The van der Waals surface area contributed by atoms with E-state index >= 15 is 0 Å². The monoisotopic (exact) mass is 297 g/mol. The molecule has 2 rings (SSSR count). The molecule has 0 saturated carbocycles. The van der Waals surface area contributed by atoms with Crippen LogP contribution >= 0.6 is 0 Å². The summed E-state index contributed by atoms with van der Waals surface area (Å²) in [5.41, 5.74) is 0.195. The molecule has 1 aromatic carbocycles. The van der Waals surface area contributed by atoms with Crippen molar-refractivity contribution in [2.24, 2.45) is 0 Å². The Hall–Kier alpha value is -1.40. The number of ether oxygens (including phenoxy) is 1. The van der Waals surface area contributed by atoms with E-state index in [1.165, 1.54) is 6.07 Å². The molecule has 1 aliphatic heterocycles. The highest BCUT2D eigenvalue weighted by atomic mass is 32.2. The molecular formula is C14H19NO4S. The van der Waals surface area contributed by atoms with E-state index in [0.717, 1.165) is 37.6 Å². The number of carboxylic acids is 1. The van der Waals surface area contributed by atoms with E-state index in [4.69, 9.17) is 9.84 Å². The molecule has 0 aromatic heterocycles. The standard InChI is InChI=1S/C14H19NO4S/c16-14(17)12-4-1-2-5-13(12)19-9-3-6-15-7-10-20(18)11-8-15/h1-2,4-5H,3,6-11H2,(H,16,17). The molecule has 0 unspecified atom stereocenters. The summed E-state index contributed by atoms with van der Waals surface area (Å²) in [5.74, 6) is 0.949. The largest absolute Gasteiger partial charge is 0.493 e. The molecule has 0 aliphatic carbocycles. The van der Waals surface area contributed by atoms with Crippen molar-refractivity contribution < 1.29 is 18.8 Å². The highest BCUT2D eigenvalue weighted by Crippen LogP contribution is 2.17. The van der Waals surface area contributed by atoms with Crippen molar-refractivity contribution in [1.82, 2.24) is 4.90 Å². The number of hydrogen-bond acceptors (Lipinski definition) is 4. The average molecular weight is 297 g/mol. The predicted molar refractivity (Wildman–Crippen MR) is 77.8 cm³/mol. The van der Waals surface area contributed by atoms with Crippen LogP contribution < -0.4 is 4.74 Å². The zero-order valence-electron chi connectivity index (χ0n) is 11.3. The highest BCUT2D eigenvalue weighted by molar-refractivity contribution is 7.85. The van der Waals surface area contributed by atoms with Crippen molar-refractivity contribution in [3.8, 4) is 5.75 Å². The van der Waals surface area contributed by atoms with Crippen molar-refractivity contribution in [2.45, 2.75) is 6.42 Å². The molecule has 0 amide bonds. The van der Waals surface area contributed by atoms with Crippen LogP contribution in [0, 0.1) is 0 Å². The predicted octanol–water partition coefficient (Wildman–Crippen LogP) is 1.22. The molecule has 6 heteroatoms. The molecule has 20 heavy (non-hydrogen) atoms. The summed E-state index contributed by atoms with van der Waals surface area (Å²) >= 11 is 0. The molecule has 0 radical (unpaired) electrons. The Morgan fingerprint density at radius 3 is 2.70 bits per heavy atom. The van der Waals surface area contributed by atoms with Crippen LogP contribution in [0.2, 0.25) is 0 Å². The summed E-state index contributed by atoms with van der Waals surface area (Å²) in [5, 5.41) is 9.03. The second-order valence-corrected chi connectivity index (χ2v) is 6.39. The van der Waals surface area contributed by atoms with Crippen LogP contribution in [-0.2, 0) is 10.8 Å². The molecule has 1 N–H and O–H groups in total. The second kappa shape index (κ2) is 7.40. The topological polar surface area (TPSA) is 66.8 Å². The van der Waals surface area contributed by atoms with Crippen molar-refractivity contribution in [2.75, 3.05) is 37.7 Å². The van der Waals surface area contributed by atoms with Crippen LogP contribution in [0.25, 0.3) is 0 Å². The summed E-state index contributed by atoms with van der Waals surface area (Å²) in [4.78, 5) is 13.3. The molecule has 0 atom stereocenters. The van der Waals surface area contributed by atoms with Gasteiger partial charge in [0.05, 0.1) is 6.61 Å². The highest BCUT2D eigenvalue weighted by Gasteiger charge is 2.14. The van der Waals surface area contributed by atoms with E-state index in [-0.39, 0.29) is 5.56 Å². The van der Waals surface area contributed by atoms with Crippen LogP contribution in [-0.4, -0.2) is 57.9 Å². The van der Waals surface area contributed by atoms with Crippen molar-refractivity contribution in [3.05, 3.63) is 29.8 Å². The smallest absolute Gasteiger partial charge is 0.339 e. The van der Waals surface area contributed by atoms with Gasteiger partial charge in [0.1, 0.15) is 11.3 Å². The molecule has 5 nitrogen and oxygen atoms in total. The number of carboxylic acid groups (broad SMARTS) is 1. The zero-order valence-corrected chi connectivity index (χ0v) is 12.1. The van der Waals surface area contributed by atoms with Gasteiger partial charge in [-0.2, -0.15) is 0 Å². The Balaban J connectivity index is 1.73. The first kappa shape index (κ1) is 15.0. The lowest BCUT2D eigenvalue weighted by Crippen LogP contribution is -2.38.